The summed E-state index contributed by atoms with van der Waals surface area (Å²) in [5.41, 5.74) is 3.67. The summed E-state index contributed by atoms with van der Waals surface area (Å²) in [6.45, 7) is 5.48. The molecular formula is C20H20BrN3O3. The van der Waals surface area contributed by atoms with Crippen molar-refractivity contribution < 1.29 is 14.3 Å². The molecule has 2 N–H and O–H groups in total. The number of ether oxygens (including phenoxy) is 1. The fourth-order valence-electron chi connectivity index (χ4n) is 2.05. The van der Waals surface area contributed by atoms with Gasteiger partial charge in [0.05, 0.1) is 11.9 Å². The van der Waals surface area contributed by atoms with Gasteiger partial charge in [-0.25, -0.2) is 5.43 Å². The SMILES string of the molecule is C=CCOc1ccccc1C=NNC(=O)C(C)C(=O)Nc1ccccc1Br. The van der Waals surface area contributed by atoms with Crippen molar-refractivity contribution in [1.82, 2.24) is 5.43 Å². The number of hydrogen-bond donors (Lipinski definition) is 2. The van der Waals surface area contributed by atoms with Crippen molar-refractivity contribution in [1.29, 1.82) is 0 Å². The molecule has 0 saturated carbocycles. The molecule has 27 heavy (non-hydrogen) atoms. The van der Waals surface area contributed by atoms with Crippen LogP contribution in [0.25, 0.3) is 0 Å². The lowest BCUT2D eigenvalue weighted by atomic mass is 10.1. The Morgan fingerprint density at radius 1 is 1.19 bits per heavy atom. The molecule has 2 aromatic rings. The van der Waals surface area contributed by atoms with Crippen LogP contribution < -0.4 is 15.5 Å². The average Bonchev–Trinajstić information content (AvgIpc) is 2.68. The van der Waals surface area contributed by atoms with Crippen molar-refractivity contribution in [2.75, 3.05) is 11.9 Å². The van der Waals surface area contributed by atoms with Crippen LogP contribution in [0.4, 0.5) is 5.69 Å². The summed E-state index contributed by atoms with van der Waals surface area (Å²) in [6.07, 6.45) is 3.11. The highest BCUT2D eigenvalue weighted by Gasteiger charge is 2.21. The second-order valence-corrected chi connectivity index (χ2v) is 6.42. The minimum absolute atomic E-state index is 0.365. The van der Waals surface area contributed by atoms with Crippen molar-refractivity contribution in [2.24, 2.45) is 11.0 Å². The first-order valence-corrected chi connectivity index (χ1v) is 9.03. The van der Waals surface area contributed by atoms with E-state index >= 15 is 0 Å². The van der Waals surface area contributed by atoms with E-state index < -0.39 is 17.7 Å². The van der Waals surface area contributed by atoms with Gasteiger partial charge in [0.1, 0.15) is 18.3 Å². The maximum Gasteiger partial charge on any atom is 0.252 e. The molecule has 0 radical (unpaired) electrons. The summed E-state index contributed by atoms with van der Waals surface area (Å²) in [6, 6.07) is 14.4. The topological polar surface area (TPSA) is 79.8 Å². The van der Waals surface area contributed by atoms with Gasteiger partial charge in [-0.3, -0.25) is 9.59 Å². The number of rotatable bonds is 8. The summed E-state index contributed by atoms with van der Waals surface area (Å²) in [4.78, 5) is 24.4. The smallest absolute Gasteiger partial charge is 0.252 e. The predicted octanol–water partition coefficient (Wildman–Crippen LogP) is 3.74. The largest absolute Gasteiger partial charge is 0.489 e. The van der Waals surface area contributed by atoms with Gasteiger partial charge in [-0.1, -0.05) is 36.9 Å². The molecule has 0 aliphatic carbocycles. The second kappa shape index (κ2) is 10.3. The Balaban J connectivity index is 1.95. The fraction of sp³-hybridized carbons (Fsp3) is 0.150. The molecule has 7 heteroatoms. The lowest BCUT2D eigenvalue weighted by Gasteiger charge is -2.12. The molecule has 0 heterocycles. The van der Waals surface area contributed by atoms with E-state index in [1.54, 1.807) is 36.4 Å². The number of benzene rings is 2. The molecule has 2 rings (SSSR count). The standard InChI is InChI=1S/C20H20BrN3O3/c1-3-12-27-18-11-7-4-8-15(18)13-22-24-20(26)14(2)19(25)23-17-10-6-5-9-16(17)21/h3-11,13-14H,1,12H2,2H3,(H,23,25)(H,24,26). The maximum atomic E-state index is 12.2. The molecule has 0 aliphatic heterocycles. The van der Waals surface area contributed by atoms with Crippen LogP contribution in [0.2, 0.25) is 0 Å². The van der Waals surface area contributed by atoms with E-state index in [0.29, 0.717) is 23.6 Å². The normalized spacial score (nSPS) is 11.6. The van der Waals surface area contributed by atoms with Crippen molar-refractivity contribution in [3.63, 3.8) is 0 Å². The molecule has 0 fully saturated rings. The molecule has 0 saturated heterocycles. The fourth-order valence-corrected chi connectivity index (χ4v) is 2.44. The van der Waals surface area contributed by atoms with Gasteiger partial charge in [-0.2, -0.15) is 5.10 Å². The van der Waals surface area contributed by atoms with Crippen molar-refractivity contribution in [2.45, 2.75) is 6.92 Å². The van der Waals surface area contributed by atoms with E-state index in [0.717, 1.165) is 4.47 Å². The van der Waals surface area contributed by atoms with E-state index in [2.05, 4.69) is 38.4 Å². The lowest BCUT2D eigenvalue weighted by Crippen LogP contribution is -2.34. The highest BCUT2D eigenvalue weighted by molar-refractivity contribution is 9.10. The van der Waals surface area contributed by atoms with E-state index in [-0.39, 0.29) is 0 Å². The van der Waals surface area contributed by atoms with Gasteiger partial charge < -0.3 is 10.1 Å². The number of carbonyl (C=O) groups is 2. The molecule has 0 aliphatic rings. The number of hydrogen-bond acceptors (Lipinski definition) is 4. The minimum atomic E-state index is -0.915. The predicted molar refractivity (Wildman–Crippen MR) is 110 cm³/mol. The van der Waals surface area contributed by atoms with Crippen LogP contribution in [0, 0.1) is 5.92 Å². The van der Waals surface area contributed by atoms with Crippen LogP contribution in [0.3, 0.4) is 0 Å². The van der Waals surface area contributed by atoms with E-state index in [1.807, 2.05) is 18.2 Å². The number of para-hydroxylation sites is 2. The van der Waals surface area contributed by atoms with Gasteiger partial charge in [0.15, 0.2) is 0 Å². The van der Waals surface area contributed by atoms with Gasteiger partial charge in [0.2, 0.25) is 5.91 Å². The third-order valence-corrected chi connectivity index (χ3v) is 4.26. The van der Waals surface area contributed by atoms with Crippen LogP contribution in [-0.4, -0.2) is 24.6 Å². The highest BCUT2D eigenvalue weighted by Crippen LogP contribution is 2.21. The number of anilines is 1. The average molecular weight is 430 g/mol. The molecule has 2 amide bonds. The molecule has 0 spiro atoms. The van der Waals surface area contributed by atoms with E-state index in [9.17, 15) is 9.59 Å². The Bertz CT molecular complexity index is 852. The van der Waals surface area contributed by atoms with Crippen LogP contribution >= 0.6 is 15.9 Å². The number of hydrazone groups is 1. The van der Waals surface area contributed by atoms with Crippen molar-refractivity contribution >= 4 is 39.6 Å². The molecule has 140 valence electrons. The third-order valence-electron chi connectivity index (χ3n) is 3.57. The van der Waals surface area contributed by atoms with Crippen molar-refractivity contribution in [3.05, 3.63) is 71.2 Å². The summed E-state index contributed by atoms with van der Waals surface area (Å²) >= 11 is 3.35. The summed E-state index contributed by atoms with van der Waals surface area (Å²) in [5, 5.41) is 6.62. The number of amides is 2. The minimum Gasteiger partial charge on any atom is -0.489 e. The zero-order chi connectivity index (χ0) is 19.6. The first-order chi connectivity index (χ1) is 13.0. The monoisotopic (exact) mass is 429 g/mol. The Morgan fingerprint density at radius 2 is 1.89 bits per heavy atom. The van der Waals surface area contributed by atoms with E-state index in [1.165, 1.54) is 13.1 Å². The Labute approximate surface area is 166 Å². The molecule has 0 aromatic heterocycles. The van der Waals surface area contributed by atoms with Gasteiger partial charge in [-0.05, 0) is 47.1 Å². The van der Waals surface area contributed by atoms with Gasteiger partial charge in [0.25, 0.3) is 5.91 Å². The molecule has 1 unspecified atom stereocenters. The number of halogens is 1. The van der Waals surface area contributed by atoms with Crippen LogP contribution in [-0.2, 0) is 9.59 Å². The Morgan fingerprint density at radius 3 is 2.63 bits per heavy atom. The van der Waals surface area contributed by atoms with Gasteiger partial charge in [-0.15, -0.1) is 0 Å². The lowest BCUT2D eigenvalue weighted by molar-refractivity contribution is -0.131. The maximum absolute atomic E-state index is 12.2. The Hall–Kier alpha value is -2.93. The van der Waals surface area contributed by atoms with Gasteiger partial charge in [0, 0.05) is 10.0 Å². The van der Waals surface area contributed by atoms with Crippen LogP contribution in [0.1, 0.15) is 12.5 Å². The summed E-state index contributed by atoms with van der Waals surface area (Å²) in [5.74, 6) is -1.23. The quantitative estimate of drug-likeness (QED) is 0.290. The number of carbonyl (C=O) groups excluding carboxylic acids is 2. The molecule has 2 aromatic carbocycles. The molecular weight excluding hydrogens is 410 g/mol. The van der Waals surface area contributed by atoms with Crippen molar-refractivity contribution in [3.8, 4) is 5.75 Å². The zero-order valence-electron chi connectivity index (χ0n) is 14.8. The van der Waals surface area contributed by atoms with Crippen LogP contribution in [0.15, 0.2) is 70.8 Å². The summed E-state index contributed by atoms with van der Waals surface area (Å²) in [7, 11) is 0. The molecule has 6 nitrogen and oxygen atoms in total. The number of nitrogens with one attached hydrogen (secondary N) is 2. The summed E-state index contributed by atoms with van der Waals surface area (Å²) < 4.78 is 6.25. The highest BCUT2D eigenvalue weighted by atomic mass is 79.9. The van der Waals surface area contributed by atoms with E-state index in [4.69, 9.17) is 4.74 Å². The first kappa shape index (κ1) is 20.4. The third kappa shape index (κ3) is 6.07. The second-order valence-electron chi connectivity index (χ2n) is 5.56. The first-order valence-electron chi connectivity index (χ1n) is 8.24. The molecule has 1 atom stereocenters. The number of nitrogens with zero attached hydrogens (tertiary/aromatic N) is 1. The Kier molecular flexibility index (Phi) is 7.76. The zero-order valence-corrected chi connectivity index (χ0v) is 16.4. The molecule has 0 bridgehead atoms. The van der Waals surface area contributed by atoms with Gasteiger partial charge >= 0.3 is 0 Å². The van der Waals surface area contributed by atoms with Crippen LogP contribution in [0.5, 0.6) is 5.75 Å².